The lowest BCUT2D eigenvalue weighted by atomic mass is 10.1. The highest BCUT2D eigenvalue weighted by Crippen LogP contribution is 2.12. The Bertz CT molecular complexity index is 291. The summed E-state index contributed by atoms with van der Waals surface area (Å²) in [5.74, 6) is -0.339. The number of hydrogen-bond acceptors (Lipinski definition) is 4. The van der Waals surface area contributed by atoms with Crippen LogP contribution in [-0.2, 0) is 9.47 Å². The van der Waals surface area contributed by atoms with Crippen molar-refractivity contribution in [2.24, 2.45) is 0 Å². The molecule has 1 aliphatic heterocycles. The molecule has 1 fully saturated rings. The van der Waals surface area contributed by atoms with Gasteiger partial charge in [0.2, 0.25) is 0 Å². The van der Waals surface area contributed by atoms with Gasteiger partial charge in [-0.1, -0.05) is 0 Å². The second kappa shape index (κ2) is 4.23. The molecule has 2 rings (SSSR count). The van der Waals surface area contributed by atoms with Gasteiger partial charge in [0.05, 0.1) is 13.2 Å². The first-order chi connectivity index (χ1) is 6.86. The van der Waals surface area contributed by atoms with E-state index in [0.717, 1.165) is 12.8 Å². The Morgan fingerprint density at radius 3 is 3.00 bits per heavy atom. The maximum absolute atomic E-state index is 11.4. The number of nitrogens with zero attached hydrogens (tertiary/aromatic N) is 1. The number of carbonyl (C=O) groups excluding carboxylic acids is 1. The predicted octanol–water partition coefficient (Wildman–Crippen LogP) is 0.745. The molecule has 0 aromatic carbocycles. The fraction of sp³-hybridized carbons (Fsp3) is 0.556. The first-order valence-electron chi connectivity index (χ1n) is 4.64. The van der Waals surface area contributed by atoms with Crippen molar-refractivity contribution in [3.63, 3.8) is 0 Å². The van der Waals surface area contributed by atoms with Crippen LogP contribution in [0.2, 0.25) is 0 Å². The third-order valence-electron chi connectivity index (χ3n) is 2.16. The van der Waals surface area contributed by atoms with Crippen LogP contribution < -0.4 is 0 Å². The molecule has 0 unspecified atom stereocenters. The summed E-state index contributed by atoms with van der Waals surface area (Å²) in [5.41, 5.74) is 0.400. The molecule has 0 atom stereocenters. The van der Waals surface area contributed by atoms with Gasteiger partial charge in [-0.3, -0.25) is 5.10 Å². The fourth-order valence-corrected chi connectivity index (χ4v) is 1.38. The average molecular weight is 196 g/mol. The van der Waals surface area contributed by atoms with Crippen molar-refractivity contribution in [2.75, 3.05) is 13.2 Å². The average Bonchev–Trinajstić information content (AvgIpc) is 2.72. The van der Waals surface area contributed by atoms with Crippen LogP contribution in [0.15, 0.2) is 12.3 Å². The van der Waals surface area contributed by atoms with E-state index < -0.39 is 0 Å². The van der Waals surface area contributed by atoms with E-state index in [1.54, 1.807) is 6.07 Å². The van der Waals surface area contributed by atoms with E-state index in [2.05, 4.69) is 10.2 Å². The van der Waals surface area contributed by atoms with Crippen molar-refractivity contribution in [2.45, 2.75) is 18.9 Å². The highest BCUT2D eigenvalue weighted by molar-refractivity contribution is 5.87. The van der Waals surface area contributed by atoms with E-state index in [-0.39, 0.29) is 12.1 Å². The molecule has 2 heterocycles. The lowest BCUT2D eigenvalue weighted by molar-refractivity contribution is -0.0163. The summed E-state index contributed by atoms with van der Waals surface area (Å²) in [5, 5.41) is 6.26. The Hall–Kier alpha value is -1.36. The van der Waals surface area contributed by atoms with Gasteiger partial charge in [0.1, 0.15) is 11.8 Å². The summed E-state index contributed by atoms with van der Waals surface area (Å²) in [7, 11) is 0. The monoisotopic (exact) mass is 196 g/mol. The first-order valence-corrected chi connectivity index (χ1v) is 4.64. The SMILES string of the molecule is O=C(OC1CCOCC1)c1ccn[nH]1. The van der Waals surface area contributed by atoms with Gasteiger partial charge < -0.3 is 9.47 Å². The van der Waals surface area contributed by atoms with Gasteiger partial charge in [-0.05, 0) is 6.07 Å². The lowest BCUT2D eigenvalue weighted by Gasteiger charge is -2.21. The largest absolute Gasteiger partial charge is 0.457 e. The van der Waals surface area contributed by atoms with Crippen LogP contribution in [-0.4, -0.2) is 35.5 Å². The summed E-state index contributed by atoms with van der Waals surface area (Å²) in [6.07, 6.45) is 3.07. The molecule has 76 valence electrons. The molecule has 1 aromatic heterocycles. The van der Waals surface area contributed by atoms with Gasteiger partial charge in [-0.25, -0.2) is 4.79 Å². The second-order valence-electron chi connectivity index (χ2n) is 3.19. The third-order valence-corrected chi connectivity index (χ3v) is 2.16. The Kier molecular flexibility index (Phi) is 2.78. The number of H-pyrrole nitrogens is 1. The van der Waals surface area contributed by atoms with Gasteiger partial charge >= 0.3 is 5.97 Å². The maximum atomic E-state index is 11.4. The standard InChI is InChI=1S/C9H12N2O3/c12-9(8-1-4-10-11-8)14-7-2-5-13-6-3-7/h1,4,7H,2-3,5-6H2,(H,10,11). The molecular weight excluding hydrogens is 184 g/mol. The highest BCUT2D eigenvalue weighted by Gasteiger charge is 2.19. The minimum Gasteiger partial charge on any atom is -0.457 e. The predicted molar refractivity (Wildman–Crippen MR) is 47.8 cm³/mol. The number of carbonyl (C=O) groups is 1. The topological polar surface area (TPSA) is 64.2 Å². The zero-order valence-electron chi connectivity index (χ0n) is 7.73. The van der Waals surface area contributed by atoms with Crippen LogP contribution in [0.3, 0.4) is 0 Å². The molecule has 5 nitrogen and oxygen atoms in total. The molecule has 1 N–H and O–H groups in total. The minimum absolute atomic E-state index is 0.0143. The van der Waals surface area contributed by atoms with Crippen LogP contribution >= 0.6 is 0 Å². The molecule has 14 heavy (non-hydrogen) atoms. The normalized spacial score (nSPS) is 18.0. The van der Waals surface area contributed by atoms with Gasteiger partial charge in [-0.2, -0.15) is 5.10 Å². The second-order valence-corrected chi connectivity index (χ2v) is 3.19. The third kappa shape index (κ3) is 2.11. The molecule has 1 aliphatic rings. The molecule has 0 spiro atoms. The van der Waals surface area contributed by atoms with Crippen LogP contribution in [0.25, 0.3) is 0 Å². The van der Waals surface area contributed by atoms with Gasteiger partial charge in [0.15, 0.2) is 0 Å². The number of esters is 1. The van der Waals surface area contributed by atoms with Crippen LogP contribution in [0.1, 0.15) is 23.3 Å². The van der Waals surface area contributed by atoms with Crippen molar-refractivity contribution >= 4 is 5.97 Å². The Morgan fingerprint density at radius 1 is 1.57 bits per heavy atom. The van der Waals surface area contributed by atoms with Gasteiger partial charge in [0, 0.05) is 19.0 Å². The van der Waals surface area contributed by atoms with Gasteiger partial charge in [0.25, 0.3) is 0 Å². The quantitative estimate of drug-likeness (QED) is 0.709. The molecule has 1 aromatic rings. The molecule has 1 saturated heterocycles. The highest BCUT2D eigenvalue weighted by atomic mass is 16.6. The minimum atomic E-state index is -0.339. The van der Waals surface area contributed by atoms with Crippen LogP contribution in [0.5, 0.6) is 0 Å². The summed E-state index contributed by atoms with van der Waals surface area (Å²) < 4.78 is 10.4. The van der Waals surface area contributed by atoms with E-state index in [0.29, 0.717) is 18.9 Å². The number of aromatic amines is 1. The molecular formula is C9H12N2O3. The zero-order chi connectivity index (χ0) is 9.80. The van der Waals surface area contributed by atoms with E-state index in [4.69, 9.17) is 9.47 Å². The Labute approximate surface area is 81.4 Å². The number of aromatic nitrogens is 2. The van der Waals surface area contributed by atoms with Crippen molar-refractivity contribution in [3.8, 4) is 0 Å². The van der Waals surface area contributed by atoms with E-state index in [1.807, 2.05) is 0 Å². The zero-order valence-corrected chi connectivity index (χ0v) is 7.73. The number of nitrogens with one attached hydrogen (secondary N) is 1. The molecule has 0 aliphatic carbocycles. The Morgan fingerprint density at radius 2 is 2.36 bits per heavy atom. The van der Waals surface area contributed by atoms with Crippen molar-refractivity contribution < 1.29 is 14.3 Å². The van der Waals surface area contributed by atoms with Gasteiger partial charge in [-0.15, -0.1) is 0 Å². The van der Waals surface area contributed by atoms with E-state index >= 15 is 0 Å². The van der Waals surface area contributed by atoms with E-state index in [9.17, 15) is 4.79 Å². The fourth-order valence-electron chi connectivity index (χ4n) is 1.38. The molecule has 0 amide bonds. The van der Waals surface area contributed by atoms with Crippen molar-refractivity contribution in [1.29, 1.82) is 0 Å². The summed E-state index contributed by atoms with van der Waals surface area (Å²) in [6, 6.07) is 1.60. The summed E-state index contributed by atoms with van der Waals surface area (Å²) in [6.45, 7) is 1.34. The van der Waals surface area contributed by atoms with Crippen LogP contribution in [0.4, 0.5) is 0 Å². The van der Waals surface area contributed by atoms with E-state index in [1.165, 1.54) is 6.20 Å². The lowest BCUT2D eigenvalue weighted by Crippen LogP contribution is -2.26. The van der Waals surface area contributed by atoms with Crippen molar-refractivity contribution in [3.05, 3.63) is 18.0 Å². The molecule has 5 heteroatoms. The maximum Gasteiger partial charge on any atom is 0.356 e. The smallest absolute Gasteiger partial charge is 0.356 e. The number of hydrogen-bond donors (Lipinski definition) is 1. The number of rotatable bonds is 2. The number of ether oxygens (including phenoxy) is 2. The molecule has 0 radical (unpaired) electrons. The van der Waals surface area contributed by atoms with Crippen LogP contribution in [0, 0.1) is 0 Å². The Balaban J connectivity index is 1.87. The summed E-state index contributed by atoms with van der Waals surface area (Å²) in [4.78, 5) is 11.4. The molecule has 0 saturated carbocycles. The molecule has 0 bridgehead atoms. The summed E-state index contributed by atoms with van der Waals surface area (Å²) >= 11 is 0. The van der Waals surface area contributed by atoms with Crippen molar-refractivity contribution in [1.82, 2.24) is 10.2 Å². The first kappa shape index (κ1) is 9.21.